The van der Waals surface area contributed by atoms with Gasteiger partial charge in [-0.25, -0.2) is 4.79 Å². The van der Waals surface area contributed by atoms with Gasteiger partial charge in [-0.1, -0.05) is 52.7 Å². The van der Waals surface area contributed by atoms with Gasteiger partial charge in [-0.3, -0.25) is 38.5 Å². The highest BCUT2D eigenvalue weighted by molar-refractivity contribution is 6.12. The number of ether oxygens (including phenoxy) is 1. The summed E-state index contributed by atoms with van der Waals surface area (Å²) in [5.74, 6) is -4.73. The second-order valence-electron chi connectivity index (χ2n) is 10.9. The number of amides is 7. The second kappa shape index (κ2) is 25.7. The minimum Gasteiger partial charge on any atom is -0.481 e. The molecule has 1 aromatic carbocycles. The van der Waals surface area contributed by atoms with Crippen LogP contribution in [0.15, 0.2) is 36.4 Å². The molecule has 0 bridgehead atoms. The Morgan fingerprint density at radius 3 is 2.00 bits per heavy atom. The smallest absolute Gasteiger partial charge is 0.312 e. The number of nitrogens with two attached hydrogens (primary N) is 1. The summed E-state index contributed by atoms with van der Waals surface area (Å²) in [6.07, 6.45) is 4.40. The third kappa shape index (κ3) is 19.5. The van der Waals surface area contributed by atoms with E-state index in [1.807, 2.05) is 13.8 Å². The van der Waals surface area contributed by atoms with E-state index in [0.717, 1.165) is 4.90 Å². The third-order valence-corrected chi connectivity index (χ3v) is 6.48. The fraction of sp³-hybridized carbons (Fsp3) is 0.529. The van der Waals surface area contributed by atoms with Gasteiger partial charge in [0.05, 0.1) is 6.42 Å². The topological polar surface area (TPSA) is 243 Å². The Bertz CT molecular complexity index is 1300. The normalized spacial score (nSPS) is 12.6. The molecule has 1 aliphatic rings. The Kier molecular flexibility index (Phi) is 23.0. The van der Waals surface area contributed by atoms with Crippen LogP contribution in [0.25, 0.3) is 0 Å². The van der Waals surface area contributed by atoms with E-state index in [4.69, 9.17) is 10.5 Å². The van der Waals surface area contributed by atoms with Gasteiger partial charge in [-0.05, 0) is 43.4 Å². The Morgan fingerprint density at radius 1 is 0.860 bits per heavy atom. The number of carbonyl (C=O) groups is 8. The van der Waals surface area contributed by atoms with E-state index < -0.39 is 66.0 Å². The third-order valence-electron chi connectivity index (χ3n) is 6.48. The maximum Gasteiger partial charge on any atom is 0.312 e. The molecule has 7 amide bonds. The number of anilines is 1. The number of carboxylic acid groups (broad SMARTS) is 1. The first-order chi connectivity index (χ1) is 23.8. The molecular weight excluding hydrogens is 652 g/mol. The maximum absolute atomic E-state index is 13.1. The summed E-state index contributed by atoms with van der Waals surface area (Å²) >= 11 is 0. The Labute approximate surface area is 292 Å². The highest BCUT2D eigenvalue weighted by atomic mass is 16.5. The van der Waals surface area contributed by atoms with Gasteiger partial charge in [0.2, 0.25) is 17.7 Å². The molecule has 16 heteroatoms. The van der Waals surface area contributed by atoms with Crippen molar-refractivity contribution in [3.05, 3.63) is 42.0 Å². The van der Waals surface area contributed by atoms with Gasteiger partial charge in [-0.15, -0.1) is 0 Å². The lowest BCUT2D eigenvalue weighted by molar-refractivity contribution is -0.142. The zero-order valence-electron chi connectivity index (χ0n) is 29.5. The van der Waals surface area contributed by atoms with Gasteiger partial charge in [0, 0.05) is 44.3 Å². The number of urea groups is 1. The Hall–Kier alpha value is -5.28. The van der Waals surface area contributed by atoms with Crippen LogP contribution in [0.3, 0.4) is 0 Å². The second-order valence-corrected chi connectivity index (χ2v) is 10.9. The first-order valence-corrected chi connectivity index (χ1v) is 16.7. The summed E-state index contributed by atoms with van der Waals surface area (Å²) in [4.78, 5) is 96.5. The van der Waals surface area contributed by atoms with Crippen molar-refractivity contribution in [1.29, 1.82) is 0 Å². The molecule has 0 aromatic heterocycles. The fourth-order valence-electron chi connectivity index (χ4n) is 4.19. The molecule has 0 spiro atoms. The van der Waals surface area contributed by atoms with Crippen LogP contribution in [0.2, 0.25) is 0 Å². The number of benzene rings is 1. The number of nitrogens with one attached hydrogen (secondary N) is 4. The number of unbranched alkanes of at least 4 members (excludes halogenated alkanes) is 2. The highest BCUT2D eigenvalue weighted by Crippen LogP contribution is 2.13. The number of nitrogens with zero attached hydrogens (tertiary/aromatic N) is 1. The zero-order chi connectivity index (χ0) is 38.1. The van der Waals surface area contributed by atoms with Gasteiger partial charge in [-0.2, -0.15) is 0 Å². The van der Waals surface area contributed by atoms with Crippen LogP contribution in [-0.2, 0) is 44.9 Å². The van der Waals surface area contributed by atoms with Gasteiger partial charge in [0.25, 0.3) is 11.8 Å². The monoisotopic (exact) mass is 704 g/mol. The standard InChI is InChI=1S/C29H38N6O10.C3H8.C2H6/c1-18(36)45-17-19-8-10-20(11-9-19)32-27(42)21(6-5-14-31-29(30)44)34-28(43)22(16-26(40)41)33-23(37)7-3-2-4-15-35-24(38)12-13-25(35)39;1-3-2;1-2/h8-13,21-22H,2-7,14-17H2,1H3,(H,32,42)(H,33,37)(H,34,43)(H,40,41)(H3,30,31,44);3H2,1-2H3;1-2H3/t21-,22-;;/m0../s1. The Balaban J connectivity index is 0.00000454. The minimum absolute atomic E-state index is 0.0354. The number of esters is 1. The summed E-state index contributed by atoms with van der Waals surface area (Å²) in [5.41, 5.74) is 6.11. The molecule has 0 radical (unpaired) electrons. The van der Waals surface area contributed by atoms with E-state index in [0.29, 0.717) is 30.5 Å². The van der Waals surface area contributed by atoms with Crippen LogP contribution in [0.5, 0.6) is 0 Å². The van der Waals surface area contributed by atoms with Crippen LogP contribution in [0, 0.1) is 0 Å². The zero-order valence-corrected chi connectivity index (χ0v) is 29.5. The number of imide groups is 1. The van der Waals surface area contributed by atoms with E-state index in [1.165, 1.54) is 25.5 Å². The van der Waals surface area contributed by atoms with Crippen molar-refractivity contribution in [2.75, 3.05) is 18.4 Å². The number of carbonyl (C=O) groups excluding carboxylic acids is 7. The van der Waals surface area contributed by atoms with Crippen LogP contribution in [0.1, 0.15) is 91.5 Å². The first-order valence-electron chi connectivity index (χ1n) is 16.7. The number of hydrogen-bond acceptors (Lipinski definition) is 9. The number of aliphatic carboxylic acids is 1. The molecular formula is C34H52N6O10. The quantitative estimate of drug-likeness (QED) is 0.0698. The molecule has 2 atom stereocenters. The number of hydrogen-bond donors (Lipinski definition) is 6. The number of primary amides is 1. The lowest BCUT2D eigenvalue weighted by Gasteiger charge is -2.23. The molecule has 278 valence electrons. The average molecular weight is 705 g/mol. The van der Waals surface area contributed by atoms with E-state index in [1.54, 1.807) is 24.3 Å². The molecule has 0 unspecified atom stereocenters. The van der Waals surface area contributed by atoms with Gasteiger partial charge >= 0.3 is 18.0 Å². The van der Waals surface area contributed by atoms with Crippen molar-refractivity contribution < 1.29 is 48.2 Å². The maximum atomic E-state index is 13.1. The van der Waals surface area contributed by atoms with Crippen LogP contribution < -0.4 is 27.0 Å². The molecule has 16 nitrogen and oxygen atoms in total. The highest BCUT2D eigenvalue weighted by Gasteiger charge is 2.28. The van der Waals surface area contributed by atoms with E-state index in [9.17, 15) is 43.5 Å². The molecule has 0 saturated heterocycles. The summed E-state index contributed by atoms with van der Waals surface area (Å²) in [6.45, 7) is 9.88. The van der Waals surface area contributed by atoms with Gasteiger partial charge < -0.3 is 36.8 Å². The molecule has 1 aromatic rings. The molecule has 7 N–H and O–H groups in total. The largest absolute Gasteiger partial charge is 0.481 e. The summed E-state index contributed by atoms with van der Waals surface area (Å²) in [7, 11) is 0. The van der Waals surface area contributed by atoms with E-state index in [-0.39, 0.29) is 39.0 Å². The SMILES string of the molecule is CC.CC(=O)OCc1ccc(NC(=O)[C@H](CCCNC(N)=O)NC(=O)[C@H](CC(=O)O)NC(=O)CCCCCN2C(=O)C=CC2=O)cc1.CCC. The van der Waals surface area contributed by atoms with Crippen molar-refractivity contribution in [3.8, 4) is 0 Å². The predicted molar refractivity (Wildman–Crippen MR) is 185 cm³/mol. The number of carboxylic acids is 1. The predicted octanol–water partition coefficient (Wildman–Crippen LogP) is 2.51. The van der Waals surface area contributed by atoms with E-state index >= 15 is 0 Å². The fourth-order valence-corrected chi connectivity index (χ4v) is 4.19. The Morgan fingerprint density at radius 2 is 1.46 bits per heavy atom. The lowest BCUT2D eigenvalue weighted by Crippen LogP contribution is -2.53. The van der Waals surface area contributed by atoms with Crippen molar-refractivity contribution in [3.63, 3.8) is 0 Å². The van der Waals surface area contributed by atoms with Crippen molar-refractivity contribution in [1.82, 2.24) is 20.9 Å². The van der Waals surface area contributed by atoms with Gasteiger partial charge in [0.15, 0.2) is 0 Å². The molecule has 0 saturated carbocycles. The lowest BCUT2D eigenvalue weighted by atomic mass is 10.1. The first kappa shape index (κ1) is 44.7. The molecule has 0 fully saturated rings. The van der Waals surface area contributed by atoms with Gasteiger partial charge in [0.1, 0.15) is 18.7 Å². The molecule has 0 aliphatic carbocycles. The van der Waals surface area contributed by atoms with E-state index in [2.05, 4.69) is 35.1 Å². The summed E-state index contributed by atoms with van der Waals surface area (Å²) in [6, 6.07) is 2.96. The minimum atomic E-state index is -1.49. The van der Waals surface area contributed by atoms with Crippen molar-refractivity contribution in [2.45, 2.75) is 105 Å². The summed E-state index contributed by atoms with van der Waals surface area (Å²) < 4.78 is 4.93. The van der Waals surface area contributed by atoms with Crippen LogP contribution in [0.4, 0.5) is 10.5 Å². The molecule has 50 heavy (non-hydrogen) atoms. The number of rotatable bonds is 19. The van der Waals surface area contributed by atoms with Crippen molar-refractivity contribution >= 4 is 53.2 Å². The van der Waals surface area contributed by atoms with Crippen LogP contribution in [-0.4, -0.2) is 82.7 Å². The molecule has 1 heterocycles. The van der Waals surface area contributed by atoms with Crippen LogP contribution >= 0.6 is 0 Å². The molecule has 1 aliphatic heterocycles. The average Bonchev–Trinajstić information content (AvgIpc) is 3.38. The molecule has 2 rings (SSSR count). The van der Waals surface area contributed by atoms with Crippen molar-refractivity contribution in [2.24, 2.45) is 5.73 Å². The summed E-state index contributed by atoms with van der Waals surface area (Å²) in [5, 5.41) is 19.2.